The summed E-state index contributed by atoms with van der Waals surface area (Å²) in [6.07, 6.45) is 0. The number of rotatable bonds is 3. The summed E-state index contributed by atoms with van der Waals surface area (Å²) in [5, 5.41) is 20.0. The number of carboxylic acid groups (broad SMARTS) is 1. The zero-order chi connectivity index (χ0) is 14.7. The molecule has 0 saturated heterocycles. The molecule has 1 aromatic carbocycles. The van der Waals surface area contributed by atoms with Gasteiger partial charge in [-0.25, -0.2) is 4.79 Å². The fraction of sp³-hybridized carbons (Fsp3) is 0. The second-order valence-corrected chi connectivity index (χ2v) is 4.58. The van der Waals surface area contributed by atoms with Crippen LogP contribution >= 0.6 is 15.9 Å². The lowest BCUT2D eigenvalue weighted by Gasteiger charge is -2.05. The Morgan fingerprint density at radius 3 is 2.50 bits per heavy atom. The maximum Gasteiger partial charge on any atom is 0.371 e. The largest absolute Gasteiger partial charge is 0.475 e. The molecule has 0 aliphatic rings. The van der Waals surface area contributed by atoms with Gasteiger partial charge in [-0.3, -0.25) is 4.79 Å². The summed E-state index contributed by atoms with van der Waals surface area (Å²) >= 11 is 3.23. The third-order valence-corrected chi connectivity index (χ3v) is 3.04. The fourth-order valence-corrected chi connectivity index (χ4v) is 1.92. The van der Waals surface area contributed by atoms with E-state index >= 15 is 0 Å². The van der Waals surface area contributed by atoms with Gasteiger partial charge in [0.05, 0.1) is 17.3 Å². The number of nitrogens with zero attached hydrogens (tertiary/aromatic N) is 1. The highest BCUT2D eigenvalue weighted by Gasteiger charge is 2.15. The van der Waals surface area contributed by atoms with Crippen molar-refractivity contribution in [3.63, 3.8) is 0 Å². The number of nitrogens with one attached hydrogen (secondary N) is 1. The van der Waals surface area contributed by atoms with E-state index in [1.807, 2.05) is 6.07 Å². The lowest BCUT2D eigenvalue weighted by Crippen LogP contribution is -2.11. The van der Waals surface area contributed by atoms with Crippen LogP contribution in [0, 0.1) is 11.3 Å². The number of nitriles is 1. The van der Waals surface area contributed by atoms with Crippen LogP contribution < -0.4 is 5.32 Å². The van der Waals surface area contributed by atoms with Crippen molar-refractivity contribution in [2.45, 2.75) is 0 Å². The van der Waals surface area contributed by atoms with Crippen molar-refractivity contribution in [3.05, 3.63) is 51.9 Å². The lowest BCUT2D eigenvalue weighted by atomic mass is 10.2. The first-order valence-corrected chi connectivity index (χ1v) is 6.14. The van der Waals surface area contributed by atoms with Gasteiger partial charge in [-0.15, -0.1) is 0 Å². The molecule has 1 aromatic heterocycles. The second kappa shape index (κ2) is 5.59. The van der Waals surface area contributed by atoms with Crippen molar-refractivity contribution in [1.82, 2.24) is 0 Å². The third-order valence-electron chi connectivity index (χ3n) is 2.39. The molecular formula is C13H7BrN2O4. The molecule has 0 aliphatic carbocycles. The third kappa shape index (κ3) is 2.87. The molecule has 7 heteroatoms. The average molecular weight is 335 g/mol. The second-order valence-electron chi connectivity index (χ2n) is 3.73. The van der Waals surface area contributed by atoms with Crippen LogP contribution in [0.3, 0.4) is 0 Å². The SMILES string of the molecule is N#Cc1ccc(NC(=O)c2ccc(C(=O)O)o2)c(Br)c1. The van der Waals surface area contributed by atoms with Crippen molar-refractivity contribution >= 4 is 33.5 Å². The quantitative estimate of drug-likeness (QED) is 0.898. The van der Waals surface area contributed by atoms with Gasteiger partial charge in [-0.05, 0) is 46.3 Å². The van der Waals surface area contributed by atoms with E-state index in [4.69, 9.17) is 14.8 Å². The average Bonchev–Trinajstić information content (AvgIpc) is 2.91. The van der Waals surface area contributed by atoms with Gasteiger partial charge in [0.2, 0.25) is 5.76 Å². The van der Waals surface area contributed by atoms with E-state index in [1.165, 1.54) is 12.1 Å². The number of benzene rings is 1. The van der Waals surface area contributed by atoms with Gasteiger partial charge in [0.1, 0.15) is 0 Å². The number of furan rings is 1. The van der Waals surface area contributed by atoms with Crippen molar-refractivity contribution in [2.75, 3.05) is 5.32 Å². The van der Waals surface area contributed by atoms with Crippen LogP contribution in [0.5, 0.6) is 0 Å². The number of hydrogen-bond donors (Lipinski definition) is 2. The molecule has 2 aromatic rings. The topological polar surface area (TPSA) is 103 Å². The Hall–Kier alpha value is -2.59. The van der Waals surface area contributed by atoms with E-state index in [-0.39, 0.29) is 11.5 Å². The molecule has 20 heavy (non-hydrogen) atoms. The summed E-state index contributed by atoms with van der Waals surface area (Å²) in [7, 11) is 0. The Kier molecular flexibility index (Phi) is 3.86. The summed E-state index contributed by atoms with van der Waals surface area (Å²) in [6.45, 7) is 0. The van der Waals surface area contributed by atoms with Crippen LogP contribution in [-0.2, 0) is 0 Å². The van der Waals surface area contributed by atoms with Gasteiger partial charge < -0.3 is 14.8 Å². The Bertz CT molecular complexity index is 730. The molecule has 0 unspecified atom stereocenters. The maximum atomic E-state index is 11.9. The maximum absolute atomic E-state index is 11.9. The molecular weight excluding hydrogens is 328 g/mol. The van der Waals surface area contributed by atoms with Crippen molar-refractivity contribution < 1.29 is 19.1 Å². The molecule has 0 saturated carbocycles. The molecule has 0 aliphatic heterocycles. The number of anilines is 1. The van der Waals surface area contributed by atoms with Crippen LogP contribution in [0.25, 0.3) is 0 Å². The smallest absolute Gasteiger partial charge is 0.371 e. The highest BCUT2D eigenvalue weighted by molar-refractivity contribution is 9.10. The molecule has 2 rings (SSSR count). The summed E-state index contributed by atoms with van der Waals surface area (Å²) in [5.74, 6) is -2.25. The van der Waals surface area contributed by atoms with Gasteiger partial charge in [-0.2, -0.15) is 5.26 Å². The molecule has 0 atom stereocenters. The summed E-state index contributed by atoms with van der Waals surface area (Å²) < 4.78 is 5.42. The number of carbonyl (C=O) groups excluding carboxylic acids is 1. The number of amides is 1. The highest BCUT2D eigenvalue weighted by Crippen LogP contribution is 2.24. The Labute approximate surface area is 121 Å². The minimum atomic E-state index is -1.25. The Morgan fingerprint density at radius 1 is 1.25 bits per heavy atom. The predicted octanol–water partition coefficient (Wildman–Crippen LogP) is 2.86. The molecule has 1 heterocycles. The van der Waals surface area contributed by atoms with Gasteiger partial charge >= 0.3 is 5.97 Å². The van der Waals surface area contributed by atoms with Gasteiger partial charge in [0.25, 0.3) is 5.91 Å². The van der Waals surface area contributed by atoms with Crippen LogP contribution in [-0.4, -0.2) is 17.0 Å². The van der Waals surface area contributed by atoms with E-state index < -0.39 is 11.9 Å². The van der Waals surface area contributed by atoms with Crippen LogP contribution in [0.1, 0.15) is 26.7 Å². The molecule has 0 spiro atoms. The van der Waals surface area contributed by atoms with Crippen molar-refractivity contribution in [3.8, 4) is 6.07 Å². The molecule has 1 amide bonds. The predicted molar refractivity (Wildman–Crippen MR) is 72.5 cm³/mol. The Morgan fingerprint density at radius 2 is 1.95 bits per heavy atom. The highest BCUT2D eigenvalue weighted by atomic mass is 79.9. The van der Waals surface area contributed by atoms with Crippen molar-refractivity contribution in [2.24, 2.45) is 0 Å². The number of carboxylic acids is 1. The van der Waals surface area contributed by atoms with Crippen LogP contribution in [0.4, 0.5) is 5.69 Å². The van der Waals surface area contributed by atoms with E-state index in [9.17, 15) is 9.59 Å². The van der Waals surface area contributed by atoms with Crippen molar-refractivity contribution in [1.29, 1.82) is 5.26 Å². The molecule has 100 valence electrons. The summed E-state index contributed by atoms with van der Waals surface area (Å²) in [5.41, 5.74) is 0.892. The number of hydrogen-bond acceptors (Lipinski definition) is 4. The fourth-order valence-electron chi connectivity index (χ4n) is 1.44. The number of carbonyl (C=O) groups is 2. The molecule has 0 bridgehead atoms. The lowest BCUT2D eigenvalue weighted by molar-refractivity contribution is 0.0660. The van der Waals surface area contributed by atoms with E-state index in [1.54, 1.807) is 18.2 Å². The first-order valence-electron chi connectivity index (χ1n) is 5.35. The molecule has 6 nitrogen and oxygen atoms in total. The van der Waals surface area contributed by atoms with E-state index in [2.05, 4.69) is 21.2 Å². The van der Waals surface area contributed by atoms with Crippen LogP contribution in [0.2, 0.25) is 0 Å². The molecule has 2 N–H and O–H groups in total. The first-order chi connectivity index (χ1) is 9.51. The normalized spacial score (nSPS) is 9.80. The van der Waals surface area contributed by atoms with Gasteiger partial charge in [-0.1, -0.05) is 0 Å². The zero-order valence-corrected chi connectivity index (χ0v) is 11.5. The minimum absolute atomic E-state index is 0.112. The number of halogens is 1. The standard InChI is InChI=1S/C13H7BrN2O4/c14-8-5-7(6-15)1-2-9(8)16-12(17)10-3-4-11(20-10)13(18)19/h1-5H,(H,16,17)(H,18,19). The van der Waals surface area contributed by atoms with Gasteiger partial charge in [0, 0.05) is 4.47 Å². The monoisotopic (exact) mass is 334 g/mol. The molecule has 0 radical (unpaired) electrons. The first kappa shape index (κ1) is 13.8. The van der Waals surface area contributed by atoms with Crippen LogP contribution in [0.15, 0.2) is 39.2 Å². The summed E-state index contributed by atoms with van der Waals surface area (Å²) in [4.78, 5) is 22.5. The van der Waals surface area contributed by atoms with E-state index in [0.29, 0.717) is 15.7 Å². The number of aromatic carboxylic acids is 1. The minimum Gasteiger partial charge on any atom is -0.475 e. The zero-order valence-electron chi connectivity index (χ0n) is 9.88. The Balaban J connectivity index is 2.19. The van der Waals surface area contributed by atoms with E-state index in [0.717, 1.165) is 0 Å². The molecule has 0 fully saturated rings. The van der Waals surface area contributed by atoms with Gasteiger partial charge in [0.15, 0.2) is 5.76 Å². The summed E-state index contributed by atoms with van der Waals surface area (Å²) in [6, 6.07) is 9.10.